The zero-order valence-electron chi connectivity index (χ0n) is 7.61. The van der Waals surface area contributed by atoms with Crippen molar-refractivity contribution >= 4 is 0 Å². The van der Waals surface area contributed by atoms with Crippen molar-refractivity contribution in [3.63, 3.8) is 0 Å². The molecule has 0 amide bonds. The molecular formula is C10H13FO. The Kier molecular flexibility index (Phi) is 2.36. The highest BCUT2D eigenvalue weighted by molar-refractivity contribution is 5.47. The molecule has 1 rings (SSSR count). The Bertz CT molecular complexity index is 305. The van der Waals surface area contributed by atoms with Crippen LogP contribution in [0.3, 0.4) is 0 Å². The quantitative estimate of drug-likeness (QED) is 0.683. The fourth-order valence-corrected chi connectivity index (χ4v) is 1.28. The predicted octanol–water partition coefficient (Wildman–Crippen LogP) is 2.79. The van der Waals surface area contributed by atoms with Crippen molar-refractivity contribution in [2.45, 2.75) is 27.4 Å². The Morgan fingerprint density at radius 1 is 1.25 bits per heavy atom. The first-order valence-electron chi connectivity index (χ1n) is 3.92. The summed E-state index contributed by atoms with van der Waals surface area (Å²) in [5.74, 6) is 0.0677. The van der Waals surface area contributed by atoms with Crippen LogP contribution in [0.5, 0.6) is 5.75 Å². The van der Waals surface area contributed by atoms with Crippen LogP contribution < -0.4 is 0 Å². The van der Waals surface area contributed by atoms with Gasteiger partial charge in [0.2, 0.25) is 0 Å². The Labute approximate surface area is 71.9 Å². The first kappa shape index (κ1) is 9.04. The summed E-state index contributed by atoms with van der Waals surface area (Å²) in [4.78, 5) is 0. The molecule has 66 valence electrons. The van der Waals surface area contributed by atoms with Gasteiger partial charge in [-0.05, 0) is 43.5 Å². The zero-order chi connectivity index (χ0) is 9.30. The van der Waals surface area contributed by atoms with Gasteiger partial charge in [-0.25, -0.2) is 4.39 Å². The van der Waals surface area contributed by atoms with Crippen LogP contribution in [-0.4, -0.2) is 5.11 Å². The largest absolute Gasteiger partial charge is 0.508 e. The smallest absolute Gasteiger partial charge is 0.121 e. The Morgan fingerprint density at radius 3 is 2.33 bits per heavy atom. The SMILES string of the molecule is Cc1cc(O)c(CF)c(C)c1C. The summed E-state index contributed by atoms with van der Waals surface area (Å²) >= 11 is 0. The van der Waals surface area contributed by atoms with Crippen molar-refractivity contribution < 1.29 is 9.50 Å². The molecule has 0 bridgehead atoms. The number of alkyl halides is 1. The Morgan fingerprint density at radius 2 is 1.83 bits per heavy atom. The average molecular weight is 168 g/mol. The van der Waals surface area contributed by atoms with Crippen molar-refractivity contribution in [1.29, 1.82) is 0 Å². The molecule has 0 spiro atoms. The van der Waals surface area contributed by atoms with E-state index in [0.29, 0.717) is 5.56 Å². The van der Waals surface area contributed by atoms with Gasteiger partial charge >= 0.3 is 0 Å². The number of rotatable bonds is 1. The summed E-state index contributed by atoms with van der Waals surface area (Å²) in [5, 5.41) is 9.36. The average Bonchev–Trinajstić information content (AvgIpc) is 2.01. The predicted molar refractivity (Wildman–Crippen MR) is 47.1 cm³/mol. The third kappa shape index (κ3) is 1.29. The van der Waals surface area contributed by atoms with E-state index >= 15 is 0 Å². The number of hydrogen-bond acceptors (Lipinski definition) is 1. The number of halogens is 1. The molecule has 1 aromatic rings. The molecule has 1 nitrogen and oxygen atoms in total. The molecule has 12 heavy (non-hydrogen) atoms. The number of aromatic hydroxyl groups is 1. The van der Waals surface area contributed by atoms with E-state index in [1.165, 1.54) is 0 Å². The molecule has 2 heteroatoms. The standard InChI is InChI=1S/C10H13FO/c1-6-4-10(12)9(5-11)8(3)7(6)2/h4,12H,5H2,1-3H3. The van der Waals surface area contributed by atoms with Crippen molar-refractivity contribution in [2.24, 2.45) is 0 Å². The van der Waals surface area contributed by atoms with Crippen LogP contribution in [0.1, 0.15) is 22.3 Å². The molecule has 0 unspecified atom stereocenters. The van der Waals surface area contributed by atoms with Crippen LogP contribution >= 0.6 is 0 Å². The fourth-order valence-electron chi connectivity index (χ4n) is 1.28. The van der Waals surface area contributed by atoms with Gasteiger partial charge in [0.1, 0.15) is 12.4 Å². The summed E-state index contributed by atoms with van der Waals surface area (Å²) in [7, 11) is 0. The second-order valence-electron chi connectivity index (χ2n) is 3.07. The molecule has 0 saturated heterocycles. The summed E-state index contributed by atoms with van der Waals surface area (Å²) in [6, 6.07) is 1.61. The lowest BCUT2D eigenvalue weighted by molar-refractivity contribution is 0.430. The highest BCUT2D eigenvalue weighted by Crippen LogP contribution is 2.27. The minimum Gasteiger partial charge on any atom is -0.508 e. The molecule has 0 fully saturated rings. The van der Waals surface area contributed by atoms with E-state index in [1.807, 2.05) is 20.8 Å². The molecule has 0 radical (unpaired) electrons. The highest BCUT2D eigenvalue weighted by Gasteiger charge is 2.08. The van der Waals surface area contributed by atoms with E-state index in [2.05, 4.69) is 0 Å². The number of aryl methyl sites for hydroxylation is 1. The number of phenols is 1. The molecule has 0 aromatic heterocycles. The minimum absolute atomic E-state index is 0.0677. The summed E-state index contributed by atoms with van der Waals surface area (Å²) in [6.07, 6.45) is 0. The first-order valence-corrected chi connectivity index (χ1v) is 3.92. The topological polar surface area (TPSA) is 20.2 Å². The van der Waals surface area contributed by atoms with E-state index in [1.54, 1.807) is 6.07 Å². The molecule has 0 saturated carbocycles. The van der Waals surface area contributed by atoms with Crippen LogP contribution in [0, 0.1) is 20.8 Å². The molecule has 0 atom stereocenters. The maximum atomic E-state index is 12.4. The maximum absolute atomic E-state index is 12.4. The lowest BCUT2D eigenvalue weighted by Crippen LogP contribution is -1.93. The molecular weight excluding hydrogens is 155 g/mol. The molecule has 1 aromatic carbocycles. The van der Waals surface area contributed by atoms with Crippen molar-refractivity contribution in [2.75, 3.05) is 0 Å². The summed E-state index contributed by atoms with van der Waals surface area (Å²) in [5.41, 5.74) is 3.33. The van der Waals surface area contributed by atoms with E-state index in [-0.39, 0.29) is 5.75 Å². The van der Waals surface area contributed by atoms with E-state index in [4.69, 9.17) is 0 Å². The van der Waals surface area contributed by atoms with Crippen molar-refractivity contribution in [3.05, 3.63) is 28.3 Å². The van der Waals surface area contributed by atoms with Gasteiger partial charge in [-0.2, -0.15) is 0 Å². The van der Waals surface area contributed by atoms with Gasteiger partial charge in [0, 0.05) is 5.56 Å². The van der Waals surface area contributed by atoms with Gasteiger partial charge in [0.15, 0.2) is 0 Å². The van der Waals surface area contributed by atoms with Crippen LogP contribution in [0.15, 0.2) is 6.07 Å². The molecule has 0 aliphatic heterocycles. The summed E-state index contributed by atoms with van der Waals surface area (Å²) in [6.45, 7) is 5.07. The number of phenolic OH excluding ortho intramolecular Hbond substituents is 1. The van der Waals surface area contributed by atoms with Crippen LogP contribution in [0.4, 0.5) is 4.39 Å². The van der Waals surface area contributed by atoms with Gasteiger partial charge in [-0.1, -0.05) is 0 Å². The normalized spacial score (nSPS) is 10.3. The van der Waals surface area contributed by atoms with Crippen molar-refractivity contribution in [1.82, 2.24) is 0 Å². The molecule has 0 aliphatic carbocycles. The number of benzene rings is 1. The first-order chi connectivity index (χ1) is 5.57. The van der Waals surface area contributed by atoms with Gasteiger partial charge in [0.05, 0.1) is 0 Å². The molecule has 0 heterocycles. The van der Waals surface area contributed by atoms with E-state index in [9.17, 15) is 9.50 Å². The monoisotopic (exact) mass is 168 g/mol. The lowest BCUT2D eigenvalue weighted by atomic mass is 9.98. The van der Waals surface area contributed by atoms with Crippen LogP contribution in [0.25, 0.3) is 0 Å². The van der Waals surface area contributed by atoms with Gasteiger partial charge in [0.25, 0.3) is 0 Å². The van der Waals surface area contributed by atoms with Gasteiger partial charge in [-0.3, -0.25) is 0 Å². The van der Waals surface area contributed by atoms with Crippen LogP contribution in [-0.2, 0) is 6.67 Å². The molecule has 1 N–H and O–H groups in total. The summed E-state index contributed by atoms with van der Waals surface area (Å²) < 4.78 is 12.4. The Hall–Kier alpha value is -1.05. The Balaban J connectivity index is 3.40. The highest BCUT2D eigenvalue weighted by atomic mass is 19.1. The third-order valence-corrected chi connectivity index (χ3v) is 2.40. The number of hydrogen-bond donors (Lipinski definition) is 1. The second-order valence-corrected chi connectivity index (χ2v) is 3.07. The zero-order valence-corrected chi connectivity index (χ0v) is 7.61. The van der Waals surface area contributed by atoms with Gasteiger partial charge in [-0.15, -0.1) is 0 Å². The minimum atomic E-state index is -0.598. The third-order valence-electron chi connectivity index (χ3n) is 2.40. The van der Waals surface area contributed by atoms with Gasteiger partial charge < -0.3 is 5.11 Å². The molecule has 0 aliphatic rings. The maximum Gasteiger partial charge on any atom is 0.121 e. The fraction of sp³-hybridized carbons (Fsp3) is 0.400. The van der Waals surface area contributed by atoms with Crippen molar-refractivity contribution in [3.8, 4) is 5.75 Å². The van der Waals surface area contributed by atoms with Crippen LogP contribution in [0.2, 0.25) is 0 Å². The van der Waals surface area contributed by atoms with E-state index in [0.717, 1.165) is 16.7 Å². The van der Waals surface area contributed by atoms with E-state index < -0.39 is 6.67 Å². The lowest BCUT2D eigenvalue weighted by Gasteiger charge is -2.10. The second kappa shape index (κ2) is 3.13.